The molecule has 5 rings (SSSR count). The van der Waals surface area contributed by atoms with E-state index in [0.29, 0.717) is 16.3 Å². The molecule has 3 aromatic heterocycles. The number of nitrogens with one attached hydrogen (secondary N) is 2. The molecule has 8 heteroatoms. The van der Waals surface area contributed by atoms with Gasteiger partial charge in [0, 0.05) is 17.3 Å². The fourth-order valence-electron chi connectivity index (χ4n) is 3.75. The van der Waals surface area contributed by atoms with E-state index in [9.17, 15) is 5.26 Å². The number of nitriles is 1. The Labute approximate surface area is 165 Å². The molecule has 0 unspecified atom stereocenters. The molecule has 0 aliphatic heterocycles. The number of anilines is 1. The van der Waals surface area contributed by atoms with Crippen molar-refractivity contribution >= 4 is 28.2 Å². The lowest BCUT2D eigenvalue weighted by Gasteiger charge is -2.27. The van der Waals surface area contributed by atoms with E-state index in [1.165, 1.54) is 6.39 Å². The summed E-state index contributed by atoms with van der Waals surface area (Å²) < 4.78 is 5.39. The van der Waals surface area contributed by atoms with Gasteiger partial charge in [-0.2, -0.15) is 10.4 Å². The largest absolute Gasteiger partial charge is 0.442 e. The standard InChI is InChI=1S/C20H15ClN6O/c21-18-11(7-22)8-24-19-13(18)2-1-3-16(19)25-12-4-5-15-14(6-12)20(27-26-15)17-9-23-10-28-17/h4-6,8-10,16,25H,1-3H2,(H,26,27)/t16-/m1/s1. The summed E-state index contributed by atoms with van der Waals surface area (Å²) in [4.78, 5) is 8.50. The van der Waals surface area contributed by atoms with Crippen LogP contribution in [-0.4, -0.2) is 20.2 Å². The molecule has 1 aliphatic carbocycles. The number of rotatable bonds is 3. The smallest absolute Gasteiger partial charge is 0.181 e. The Bertz CT molecular complexity index is 1210. The van der Waals surface area contributed by atoms with Crippen LogP contribution in [-0.2, 0) is 6.42 Å². The second-order valence-corrected chi connectivity index (χ2v) is 7.13. The number of H-pyrrole nitrogens is 1. The number of aromatic nitrogens is 4. The highest BCUT2D eigenvalue weighted by molar-refractivity contribution is 6.32. The third-order valence-corrected chi connectivity index (χ3v) is 5.51. The van der Waals surface area contributed by atoms with Gasteiger partial charge < -0.3 is 9.73 Å². The first-order valence-corrected chi connectivity index (χ1v) is 9.33. The zero-order valence-corrected chi connectivity index (χ0v) is 15.5. The summed E-state index contributed by atoms with van der Waals surface area (Å²) >= 11 is 6.42. The Morgan fingerprint density at radius 2 is 2.25 bits per heavy atom. The minimum absolute atomic E-state index is 0.0343. The van der Waals surface area contributed by atoms with Crippen molar-refractivity contribution in [3.8, 4) is 17.5 Å². The van der Waals surface area contributed by atoms with Crippen LogP contribution in [0, 0.1) is 11.3 Å². The summed E-state index contributed by atoms with van der Waals surface area (Å²) in [7, 11) is 0. The van der Waals surface area contributed by atoms with E-state index in [1.54, 1.807) is 12.4 Å². The average molecular weight is 391 g/mol. The first-order valence-electron chi connectivity index (χ1n) is 8.95. The monoisotopic (exact) mass is 390 g/mol. The summed E-state index contributed by atoms with van der Waals surface area (Å²) in [5.74, 6) is 0.615. The van der Waals surface area contributed by atoms with Crippen molar-refractivity contribution < 1.29 is 4.42 Å². The lowest BCUT2D eigenvalue weighted by molar-refractivity contribution is 0.570. The molecule has 0 amide bonds. The Hall–Kier alpha value is -3.37. The van der Waals surface area contributed by atoms with Crippen molar-refractivity contribution in [2.24, 2.45) is 0 Å². The minimum atomic E-state index is 0.0343. The average Bonchev–Trinajstić information content (AvgIpc) is 3.38. The Kier molecular flexibility index (Phi) is 3.99. The van der Waals surface area contributed by atoms with E-state index in [2.05, 4.69) is 31.6 Å². The number of hydrogen-bond acceptors (Lipinski definition) is 6. The molecule has 0 spiro atoms. The predicted octanol–water partition coefficient (Wildman–Crippen LogP) is 4.63. The van der Waals surface area contributed by atoms with Crippen molar-refractivity contribution in [1.82, 2.24) is 20.2 Å². The number of nitrogens with zero attached hydrogens (tertiary/aromatic N) is 4. The second kappa shape index (κ2) is 6.66. The Morgan fingerprint density at radius 3 is 3.07 bits per heavy atom. The van der Waals surface area contributed by atoms with Crippen LogP contribution in [0.1, 0.15) is 35.7 Å². The maximum atomic E-state index is 9.19. The van der Waals surface area contributed by atoms with Gasteiger partial charge in [0.2, 0.25) is 0 Å². The van der Waals surface area contributed by atoms with Crippen LogP contribution in [0.4, 0.5) is 5.69 Å². The number of benzene rings is 1. The van der Waals surface area contributed by atoms with Crippen molar-refractivity contribution in [3.05, 3.63) is 58.8 Å². The van der Waals surface area contributed by atoms with Gasteiger partial charge in [0.25, 0.3) is 0 Å². The molecule has 1 aromatic carbocycles. The van der Waals surface area contributed by atoms with Crippen LogP contribution in [0.5, 0.6) is 0 Å². The van der Waals surface area contributed by atoms with Crippen LogP contribution in [0.25, 0.3) is 22.4 Å². The van der Waals surface area contributed by atoms with Gasteiger partial charge in [-0.25, -0.2) is 4.98 Å². The molecule has 7 nitrogen and oxygen atoms in total. The summed E-state index contributed by atoms with van der Waals surface area (Å²) in [5.41, 5.74) is 4.91. The van der Waals surface area contributed by atoms with E-state index in [4.69, 9.17) is 16.0 Å². The second-order valence-electron chi connectivity index (χ2n) is 6.75. The van der Waals surface area contributed by atoms with Gasteiger partial charge in [-0.1, -0.05) is 11.6 Å². The van der Waals surface area contributed by atoms with Crippen LogP contribution in [0.2, 0.25) is 5.02 Å². The van der Waals surface area contributed by atoms with E-state index in [0.717, 1.165) is 52.8 Å². The first kappa shape index (κ1) is 16.8. The van der Waals surface area contributed by atoms with Crippen LogP contribution in [0.15, 0.2) is 41.4 Å². The number of pyridine rings is 1. The highest BCUT2D eigenvalue weighted by atomic mass is 35.5. The molecule has 0 bridgehead atoms. The number of aromatic amines is 1. The van der Waals surface area contributed by atoms with E-state index < -0.39 is 0 Å². The van der Waals surface area contributed by atoms with E-state index >= 15 is 0 Å². The molecule has 3 heterocycles. The van der Waals surface area contributed by atoms with Crippen LogP contribution < -0.4 is 5.32 Å². The van der Waals surface area contributed by atoms with Crippen molar-refractivity contribution in [2.45, 2.75) is 25.3 Å². The number of fused-ring (bicyclic) bond motifs is 2. The fourth-order valence-corrected chi connectivity index (χ4v) is 4.03. The molecule has 2 N–H and O–H groups in total. The third-order valence-electron chi connectivity index (χ3n) is 5.08. The summed E-state index contributed by atoms with van der Waals surface area (Å²) in [6, 6.07) is 8.16. The van der Waals surface area contributed by atoms with Gasteiger partial charge in [0.05, 0.1) is 34.0 Å². The Balaban J connectivity index is 1.51. The fraction of sp³-hybridized carbons (Fsp3) is 0.200. The molecule has 1 aliphatic rings. The van der Waals surface area contributed by atoms with E-state index in [1.807, 2.05) is 18.2 Å². The van der Waals surface area contributed by atoms with Gasteiger partial charge in [-0.3, -0.25) is 10.1 Å². The van der Waals surface area contributed by atoms with Gasteiger partial charge in [-0.05, 0) is 43.0 Å². The molecule has 1 atom stereocenters. The quantitative estimate of drug-likeness (QED) is 0.528. The van der Waals surface area contributed by atoms with Crippen LogP contribution in [0.3, 0.4) is 0 Å². The molecule has 0 fully saturated rings. The highest BCUT2D eigenvalue weighted by Crippen LogP contribution is 2.37. The van der Waals surface area contributed by atoms with Crippen molar-refractivity contribution in [1.29, 1.82) is 5.26 Å². The summed E-state index contributed by atoms with van der Waals surface area (Å²) in [6.07, 6.45) is 7.36. The number of halogens is 1. The van der Waals surface area contributed by atoms with Gasteiger partial charge in [-0.15, -0.1) is 0 Å². The zero-order chi connectivity index (χ0) is 19.1. The SMILES string of the molecule is N#Cc1cnc2c(c1Cl)CCC[C@H]2Nc1ccc2[nH]nc(-c3cnco3)c2c1. The third kappa shape index (κ3) is 2.70. The molecular formula is C20H15ClN6O. The normalized spacial score (nSPS) is 15.9. The van der Waals surface area contributed by atoms with Crippen molar-refractivity contribution in [2.75, 3.05) is 5.32 Å². The van der Waals surface area contributed by atoms with Gasteiger partial charge >= 0.3 is 0 Å². The maximum absolute atomic E-state index is 9.19. The van der Waals surface area contributed by atoms with Crippen molar-refractivity contribution in [3.63, 3.8) is 0 Å². The molecular weight excluding hydrogens is 376 g/mol. The number of hydrogen-bond donors (Lipinski definition) is 2. The molecule has 0 saturated heterocycles. The summed E-state index contributed by atoms with van der Waals surface area (Å²) in [6.45, 7) is 0. The topological polar surface area (TPSA) is 103 Å². The Morgan fingerprint density at radius 1 is 1.32 bits per heavy atom. The molecule has 138 valence electrons. The van der Waals surface area contributed by atoms with E-state index in [-0.39, 0.29) is 6.04 Å². The lowest BCUT2D eigenvalue weighted by Crippen LogP contribution is -2.19. The van der Waals surface area contributed by atoms with Crippen LogP contribution >= 0.6 is 11.6 Å². The highest BCUT2D eigenvalue weighted by Gasteiger charge is 2.25. The number of oxazole rings is 1. The maximum Gasteiger partial charge on any atom is 0.181 e. The minimum Gasteiger partial charge on any atom is -0.442 e. The zero-order valence-electron chi connectivity index (χ0n) is 14.7. The van der Waals surface area contributed by atoms with Gasteiger partial charge in [0.1, 0.15) is 11.8 Å². The lowest BCUT2D eigenvalue weighted by atomic mass is 9.90. The first-order chi connectivity index (χ1) is 13.7. The predicted molar refractivity (Wildman–Crippen MR) is 105 cm³/mol. The summed E-state index contributed by atoms with van der Waals surface area (Å²) in [5, 5.41) is 21.6. The molecule has 4 aromatic rings. The van der Waals surface area contributed by atoms with Gasteiger partial charge in [0.15, 0.2) is 12.2 Å². The molecule has 0 radical (unpaired) electrons. The molecule has 0 saturated carbocycles. The molecule has 28 heavy (non-hydrogen) atoms.